The summed E-state index contributed by atoms with van der Waals surface area (Å²) >= 11 is 11.1. The van der Waals surface area contributed by atoms with E-state index < -0.39 is 0 Å². The molecule has 1 saturated carbocycles. The van der Waals surface area contributed by atoms with E-state index in [9.17, 15) is 0 Å². The third kappa shape index (κ3) is 6.64. The Morgan fingerprint density at radius 2 is 1.81 bits per heavy atom. The maximum atomic E-state index is 5.85. The summed E-state index contributed by atoms with van der Waals surface area (Å²) in [6.45, 7) is 1.94. The number of nitrogens with one attached hydrogen (secondary N) is 3. The average molecular weight is 326 g/mol. The van der Waals surface area contributed by atoms with E-state index in [1.54, 1.807) is 0 Å². The van der Waals surface area contributed by atoms with Crippen LogP contribution in [0.5, 0.6) is 0 Å². The standard InChI is InChI=1S/C16H24ClN3S/c17-13-7-9-15(10-8-13)20-16(21)19-12-4-11-18-14-5-2-1-3-6-14/h7-10,14,18H,1-6,11-12H2,(H2,19,20,21). The SMILES string of the molecule is S=C(NCCCNC1CCCCC1)Nc1ccc(Cl)cc1. The maximum Gasteiger partial charge on any atom is 0.170 e. The van der Waals surface area contributed by atoms with E-state index in [1.807, 2.05) is 24.3 Å². The lowest BCUT2D eigenvalue weighted by molar-refractivity contribution is 0.372. The van der Waals surface area contributed by atoms with E-state index in [1.165, 1.54) is 32.1 Å². The Balaban J connectivity index is 1.53. The Bertz CT molecular complexity index is 430. The minimum Gasteiger partial charge on any atom is -0.362 e. The lowest BCUT2D eigenvalue weighted by Crippen LogP contribution is -2.35. The number of rotatable bonds is 6. The maximum absolute atomic E-state index is 5.85. The summed E-state index contributed by atoms with van der Waals surface area (Å²) < 4.78 is 0. The molecule has 0 amide bonds. The number of benzene rings is 1. The molecule has 3 nitrogen and oxygen atoms in total. The third-order valence-corrected chi connectivity index (χ3v) is 4.28. The number of halogens is 1. The van der Waals surface area contributed by atoms with Crippen molar-refractivity contribution in [2.75, 3.05) is 18.4 Å². The molecule has 0 aliphatic heterocycles. The highest BCUT2D eigenvalue weighted by Gasteiger charge is 2.11. The number of anilines is 1. The normalized spacial score (nSPS) is 15.7. The molecule has 1 fully saturated rings. The van der Waals surface area contributed by atoms with Crippen molar-refractivity contribution < 1.29 is 0 Å². The molecular formula is C16H24ClN3S. The summed E-state index contributed by atoms with van der Waals surface area (Å²) in [4.78, 5) is 0. The molecule has 0 spiro atoms. The van der Waals surface area contributed by atoms with Crippen LogP contribution < -0.4 is 16.0 Å². The van der Waals surface area contributed by atoms with Gasteiger partial charge in [0.2, 0.25) is 0 Å². The monoisotopic (exact) mass is 325 g/mol. The van der Waals surface area contributed by atoms with Gasteiger partial charge in [0.25, 0.3) is 0 Å². The lowest BCUT2D eigenvalue weighted by atomic mass is 9.95. The quantitative estimate of drug-likeness (QED) is 0.547. The number of hydrogen-bond acceptors (Lipinski definition) is 2. The molecule has 0 atom stereocenters. The highest BCUT2D eigenvalue weighted by atomic mass is 35.5. The molecule has 1 aliphatic carbocycles. The first-order valence-electron chi connectivity index (χ1n) is 7.78. The zero-order valence-electron chi connectivity index (χ0n) is 12.3. The van der Waals surface area contributed by atoms with Gasteiger partial charge in [-0.2, -0.15) is 0 Å². The van der Waals surface area contributed by atoms with Crippen molar-refractivity contribution in [1.29, 1.82) is 0 Å². The molecule has 0 saturated heterocycles. The van der Waals surface area contributed by atoms with Crippen LogP contribution in [0.4, 0.5) is 5.69 Å². The molecule has 0 radical (unpaired) electrons. The summed E-state index contributed by atoms with van der Waals surface area (Å²) in [7, 11) is 0. The molecule has 0 unspecified atom stereocenters. The second kappa shape index (κ2) is 9.23. The van der Waals surface area contributed by atoms with Gasteiger partial charge in [-0.15, -0.1) is 0 Å². The van der Waals surface area contributed by atoms with E-state index in [-0.39, 0.29) is 0 Å². The zero-order valence-corrected chi connectivity index (χ0v) is 13.9. The van der Waals surface area contributed by atoms with E-state index >= 15 is 0 Å². The van der Waals surface area contributed by atoms with Gasteiger partial charge in [-0.25, -0.2) is 0 Å². The average Bonchev–Trinajstić information content (AvgIpc) is 2.50. The highest BCUT2D eigenvalue weighted by molar-refractivity contribution is 7.80. The summed E-state index contributed by atoms with van der Waals surface area (Å²) in [5, 5.41) is 11.4. The second-order valence-corrected chi connectivity index (χ2v) is 6.38. The molecule has 1 aromatic rings. The van der Waals surface area contributed by atoms with Gasteiger partial charge < -0.3 is 16.0 Å². The predicted molar refractivity (Wildman–Crippen MR) is 95.2 cm³/mol. The van der Waals surface area contributed by atoms with Crippen LogP contribution in [0, 0.1) is 0 Å². The van der Waals surface area contributed by atoms with Crippen molar-refractivity contribution in [3.05, 3.63) is 29.3 Å². The number of thiocarbonyl (C=S) groups is 1. The minimum atomic E-state index is 0.662. The summed E-state index contributed by atoms with van der Waals surface area (Å²) in [6, 6.07) is 8.26. The van der Waals surface area contributed by atoms with Gasteiger partial charge in [0.1, 0.15) is 0 Å². The van der Waals surface area contributed by atoms with Gasteiger partial charge in [0.05, 0.1) is 0 Å². The number of hydrogen-bond donors (Lipinski definition) is 3. The predicted octanol–water partition coefficient (Wildman–Crippen LogP) is 3.94. The van der Waals surface area contributed by atoms with Gasteiger partial charge in [-0.1, -0.05) is 30.9 Å². The van der Waals surface area contributed by atoms with Crippen molar-refractivity contribution in [3.63, 3.8) is 0 Å². The Kier molecular flexibility index (Phi) is 7.27. The minimum absolute atomic E-state index is 0.662. The van der Waals surface area contributed by atoms with Crippen molar-refractivity contribution in [2.24, 2.45) is 0 Å². The Labute approximate surface area is 137 Å². The first-order chi connectivity index (χ1) is 10.2. The zero-order chi connectivity index (χ0) is 14.9. The topological polar surface area (TPSA) is 36.1 Å². The fourth-order valence-electron chi connectivity index (χ4n) is 2.61. The molecular weight excluding hydrogens is 302 g/mol. The third-order valence-electron chi connectivity index (χ3n) is 3.78. The van der Waals surface area contributed by atoms with Crippen LogP contribution in [0.1, 0.15) is 38.5 Å². The Morgan fingerprint density at radius 3 is 2.52 bits per heavy atom. The van der Waals surface area contributed by atoms with Crippen molar-refractivity contribution in [2.45, 2.75) is 44.6 Å². The largest absolute Gasteiger partial charge is 0.362 e. The molecule has 3 N–H and O–H groups in total. The summed E-state index contributed by atoms with van der Waals surface area (Å²) in [5.74, 6) is 0. The molecule has 21 heavy (non-hydrogen) atoms. The van der Waals surface area contributed by atoms with Gasteiger partial charge in [-0.05, 0) is 62.3 Å². The molecule has 116 valence electrons. The molecule has 0 heterocycles. The first-order valence-corrected chi connectivity index (χ1v) is 8.56. The second-order valence-electron chi connectivity index (χ2n) is 5.53. The molecule has 1 aromatic carbocycles. The molecule has 1 aliphatic rings. The van der Waals surface area contributed by atoms with Crippen LogP contribution >= 0.6 is 23.8 Å². The fourth-order valence-corrected chi connectivity index (χ4v) is 2.96. The van der Waals surface area contributed by atoms with E-state index in [0.29, 0.717) is 5.11 Å². The van der Waals surface area contributed by atoms with Crippen molar-refractivity contribution in [1.82, 2.24) is 10.6 Å². The Hall–Kier alpha value is -0.840. The Morgan fingerprint density at radius 1 is 1.10 bits per heavy atom. The van der Waals surface area contributed by atoms with Gasteiger partial charge in [-0.3, -0.25) is 0 Å². The van der Waals surface area contributed by atoms with Crippen LogP contribution in [-0.2, 0) is 0 Å². The smallest absolute Gasteiger partial charge is 0.170 e. The van der Waals surface area contributed by atoms with Crippen LogP contribution in [-0.4, -0.2) is 24.2 Å². The molecule has 0 aromatic heterocycles. The van der Waals surface area contributed by atoms with Gasteiger partial charge in [0.15, 0.2) is 5.11 Å². The summed E-state index contributed by atoms with van der Waals surface area (Å²) in [6.07, 6.45) is 7.92. The lowest BCUT2D eigenvalue weighted by Gasteiger charge is -2.22. The highest BCUT2D eigenvalue weighted by Crippen LogP contribution is 2.17. The van der Waals surface area contributed by atoms with Gasteiger partial charge >= 0.3 is 0 Å². The van der Waals surface area contributed by atoms with Crippen LogP contribution in [0.25, 0.3) is 0 Å². The first kappa shape index (κ1) is 16.5. The van der Waals surface area contributed by atoms with E-state index in [2.05, 4.69) is 16.0 Å². The molecule has 2 rings (SSSR count). The van der Waals surface area contributed by atoms with Crippen LogP contribution in [0.3, 0.4) is 0 Å². The van der Waals surface area contributed by atoms with Crippen molar-refractivity contribution in [3.8, 4) is 0 Å². The summed E-state index contributed by atoms with van der Waals surface area (Å²) in [5.41, 5.74) is 0.956. The van der Waals surface area contributed by atoms with Crippen molar-refractivity contribution >= 4 is 34.6 Å². The molecule has 0 bridgehead atoms. The molecule has 5 heteroatoms. The fraction of sp³-hybridized carbons (Fsp3) is 0.562. The van der Waals surface area contributed by atoms with Crippen LogP contribution in [0.2, 0.25) is 5.02 Å². The van der Waals surface area contributed by atoms with Gasteiger partial charge in [0, 0.05) is 23.3 Å². The van der Waals surface area contributed by atoms with E-state index in [0.717, 1.165) is 36.3 Å². The van der Waals surface area contributed by atoms with E-state index in [4.69, 9.17) is 23.8 Å². The van der Waals surface area contributed by atoms with Crippen LogP contribution in [0.15, 0.2) is 24.3 Å².